The zero-order valence-corrected chi connectivity index (χ0v) is 11.6. The van der Waals surface area contributed by atoms with E-state index in [4.69, 9.17) is 5.73 Å². The summed E-state index contributed by atoms with van der Waals surface area (Å²) in [7, 11) is 0. The van der Waals surface area contributed by atoms with Gasteiger partial charge in [0.1, 0.15) is 6.04 Å². The quantitative estimate of drug-likeness (QED) is 0.690. The van der Waals surface area contributed by atoms with Crippen LogP contribution in [0.15, 0.2) is 0 Å². The molecule has 110 valence electrons. The topological polar surface area (TPSA) is 83.6 Å². The minimum atomic E-state index is -0.863. The number of hydrogen-bond acceptors (Lipinski definition) is 3. The lowest BCUT2D eigenvalue weighted by atomic mass is 10.1. The number of carbonyl (C=O) groups is 2. The summed E-state index contributed by atoms with van der Waals surface area (Å²) in [5.74, 6) is -0.861. The SMILES string of the molecule is NCCCCCCC(=O)N1CCCCCC1C(=O)O. The molecular formula is C14H26N2O3. The maximum Gasteiger partial charge on any atom is 0.326 e. The van der Waals surface area contributed by atoms with E-state index in [0.717, 1.165) is 44.9 Å². The number of amides is 1. The third-order valence-electron chi connectivity index (χ3n) is 3.70. The number of rotatable bonds is 7. The maximum absolute atomic E-state index is 12.1. The molecule has 0 radical (unpaired) electrons. The number of likely N-dealkylation sites (tertiary alicyclic amines) is 1. The van der Waals surface area contributed by atoms with Gasteiger partial charge < -0.3 is 15.7 Å². The molecular weight excluding hydrogens is 244 g/mol. The Morgan fingerprint density at radius 3 is 2.53 bits per heavy atom. The number of carbonyl (C=O) groups excluding carboxylic acids is 1. The lowest BCUT2D eigenvalue weighted by molar-refractivity contribution is -0.150. The molecule has 1 aliphatic heterocycles. The van der Waals surface area contributed by atoms with Crippen molar-refractivity contribution in [2.45, 2.75) is 63.8 Å². The summed E-state index contributed by atoms with van der Waals surface area (Å²) in [5, 5.41) is 9.22. The summed E-state index contributed by atoms with van der Waals surface area (Å²) < 4.78 is 0. The fourth-order valence-corrected chi connectivity index (χ4v) is 2.58. The molecule has 0 spiro atoms. The smallest absolute Gasteiger partial charge is 0.326 e. The van der Waals surface area contributed by atoms with E-state index in [0.29, 0.717) is 25.9 Å². The fraction of sp³-hybridized carbons (Fsp3) is 0.857. The molecule has 1 unspecified atom stereocenters. The summed E-state index contributed by atoms with van der Waals surface area (Å²) in [6.45, 7) is 1.29. The van der Waals surface area contributed by atoms with E-state index < -0.39 is 12.0 Å². The number of hydrogen-bond donors (Lipinski definition) is 2. The summed E-state index contributed by atoms with van der Waals surface area (Å²) >= 11 is 0. The molecule has 1 atom stereocenters. The number of nitrogens with zero attached hydrogens (tertiary/aromatic N) is 1. The second-order valence-corrected chi connectivity index (χ2v) is 5.24. The zero-order chi connectivity index (χ0) is 14.1. The minimum absolute atomic E-state index is 0.00190. The molecule has 0 bridgehead atoms. The van der Waals surface area contributed by atoms with Crippen LogP contribution in [0.25, 0.3) is 0 Å². The first-order chi connectivity index (χ1) is 9.16. The molecule has 0 aromatic rings. The molecule has 0 aromatic carbocycles. The van der Waals surface area contributed by atoms with Crippen molar-refractivity contribution in [3.05, 3.63) is 0 Å². The van der Waals surface area contributed by atoms with E-state index in [1.165, 1.54) is 0 Å². The van der Waals surface area contributed by atoms with Crippen LogP contribution in [-0.2, 0) is 9.59 Å². The molecule has 1 aliphatic rings. The normalized spacial score (nSPS) is 20.1. The third kappa shape index (κ3) is 5.59. The Morgan fingerprint density at radius 2 is 1.84 bits per heavy atom. The molecule has 0 aromatic heterocycles. The predicted octanol–water partition coefficient (Wildman–Crippen LogP) is 1.75. The zero-order valence-electron chi connectivity index (χ0n) is 11.6. The first-order valence-electron chi connectivity index (χ1n) is 7.39. The molecule has 1 fully saturated rings. The van der Waals surface area contributed by atoms with Gasteiger partial charge in [0.2, 0.25) is 5.91 Å². The van der Waals surface area contributed by atoms with Crippen LogP contribution in [-0.4, -0.2) is 41.0 Å². The van der Waals surface area contributed by atoms with E-state index in [1.54, 1.807) is 4.90 Å². The first-order valence-corrected chi connectivity index (χ1v) is 7.39. The van der Waals surface area contributed by atoms with Crippen LogP contribution in [0, 0.1) is 0 Å². The summed E-state index contributed by atoms with van der Waals surface area (Å²) in [6, 6.07) is -0.612. The minimum Gasteiger partial charge on any atom is -0.480 e. The number of aliphatic carboxylic acids is 1. The summed E-state index contributed by atoms with van der Waals surface area (Å²) in [6.07, 6.45) is 7.77. The molecule has 3 N–H and O–H groups in total. The van der Waals surface area contributed by atoms with Crippen molar-refractivity contribution in [3.63, 3.8) is 0 Å². The lowest BCUT2D eigenvalue weighted by Gasteiger charge is -2.27. The van der Waals surface area contributed by atoms with Crippen molar-refractivity contribution >= 4 is 11.9 Å². The average molecular weight is 270 g/mol. The highest BCUT2D eigenvalue weighted by molar-refractivity contribution is 5.83. The van der Waals surface area contributed by atoms with E-state index >= 15 is 0 Å². The molecule has 19 heavy (non-hydrogen) atoms. The highest BCUT2D eigenvalue weighted by atomic mass is 16.4. The molecule has 0 aliphatic carbocycles. The molecule has 5 heteroatoms. The Balaban J connectivity index is 2.40. The van der Waals surface area contributed by atoms with Gasteiger partial charge >= 0.3 is 5.97 Å². The van der Waals surface area contributed by atoms with E-state index in [2.05, 4.69) is 0 Å². The Kier molecular flexibility index (Phi) is 7.48. The number of carboxylic acid groups (broad SMARTS) is 1. The average Bonchev–Trinajstić information content (AvgIpc) is 2.63. The van der Waals surface area contributed by atoms with E-state index in [1.807, 2.05) is 0 Å². The number of carboxylic acids is 1. The van der Waals surface area contributed by atoms with Crippen molar-refractivity contribution < 1.29 is 14.7 Å². The molecule has 1 amide bonds. The summed E-state index contributed by atoms with van der Waals surface area (Å²) in [4.78, 5) is 24.9. The largest absolute Gasteiger partial charge is 0.480 e. The van der Waals surface area contributed by atoms with Crippen molar-refractivity contribution in [2.75, 3.05) is 13.1 Å². The van der Waals surface area contributed by atoms with Gasteiger partial charge in [-0.1, -0.05) is 25.7 Å². The Morgan fingerprint density at radius 1 is 1.11 bits per heavy atom. The Labute approximate surface area is 115 Å². The summed E-state index contributed by atoms with van der Waals surface area (Å²) in [5.41, 5.74) is 5.42. The molecule has 1 rings (SSSR count). The van der Waals surface area contributed by atoms with Gasteiger partial charge in [-0.25, -0.2) is 4.79 Å². The van der Waals surface area contributed by atoms with Crippen molar-refractivity contribution in [1.29, 1.82) is 0 Å². The second-order valence-electron chi connectivity index (χ2n) is 5.24. The number of unbranched alkanes of at least 4 members (excludes halogenated alkanes) is 3. The van der Waals surface area contributed by atoms with Gasteiger partial charge in [0.05, 0.1) is 0 Å². The Hall–Kier alpha value is -1.10. The first kappa shape index (κ1) is 16.0. The van der Waals surface area contributed by atoms with Gasteiger partial charge in [0.25, 0.3) is 0 Å². The Bertz CT molecular complexity index is 294. The monoisotopic (exact) mass is 270 g/mol. The highest BCUT2D eigenvalue weighted by Gasteiger charge is 2.30. The standard InChI is InChI=1S/C14H26N2O3/c15-10-6-2-1-5-9-13(17)16-11-7-3-4-8-12(16)14(18)19/h12H,1-11,15H2,(H,18,19). The van der Waals surface area contributed by atoms with Gasteiger partial charge in [-0.2, -0.15) is 0 Å². The predicted molar refractivity (Wildman–Crippen MR) is 73.7 cm³/mol. The third-order valence-corrected chi connectivity index (χ3v) is 3.70. The lowest BCUT2D eigenvalue weighted by Crippen LogP contribution is -2.44. The van der Waals surface area contributed by atoms with Crippen LogP contribution < -0.4 is 5.73 Å². The van der Waals surface area contributed by atoms with Crippen molar-refractivity contribution in [2.24, 2.45) is 5.73 Å². The second kappa shape index (κ2) is 8.91. The van der Waals surface area contributed by atoms with Gasteiger partial charge in [-0.15, -0.1) is 0 Å². The van der Waals surface area contributed by atoms with E-state index in [9.17, 15) is 14.7 Å². The van der Waals surface area contributed by atoms with Crippen LogP contribution in [0.4, 0.5) is 0 Å². The van der Waals surface area contributed by atoms with E-state index in [-0.39, 0.29) is 5.91 Å². The fourth-order valence-electron chi connectivity index (χ4n) is 2.58. The van der Waals surface area contributed by atoms with Crippen LogP contribution in [0.2, 0.25) is 0 Å². The van der Waals surface area contributed by atoms with Gasteiger partial charge in [0, 0.05) is 13.0 Å². The maximum atomic E-state index is 12.1. The van der Waals surface area contributed by atoms with Crippen molar-refractivity contribution in [1.82, 2.24) is 4.90 Å². The van der Waals surface area contributed by atoms with Crippen molar-refractivity contribution in [3.8, 4) is 0 Å². The van der Waals surface area contributed by atoms with Gasteiger partial charge in [-0.05, 0) is 32.2 Å². The molecule has 1 heterocycles. The molecule has 1 saturated heterocycles. The van der Waals surface area contributed by atoms with Crippen LogP contribution in [0.5, 0.6) is 0 Å². The molecule has 5 nitrogen and oxygen atoms in total. The van der Waals surface area contributed by atoms with Gasteiger partial charge in [0.15, 0.2) is 0 Å². The van der Waals surface area contributed by atoms with Crippen LogP contribution >= 0.6 is 0 Å². The molecule has 0 saturated carbocycles. The highest BCUT2D eigenvalue weighted by Crippen LogP contribution is 2.19. The van der Waals surface area contributed by atoms with Gasteiger partial charge in [-0.3, -0.25) is 4.79 Å². The van der Waals surface area contributed by atoms with Crippen LogP contribution in [0.3, 0.4) is 0 Å². The number of nitrogens with two attached hydrogens (primary N) is 1. The van der Waals surface area contributed by atoms with Crippen LogP contribution in [0.1, 0.15) is 57.8 Å².